The Balaban J connectivity index is 1.75. The molecule has 1 aliphatic heterocycles. The van der Waals surface area contributed by atoms with Crippen LogP contribution in [0, 0.1) is 0 Å². The van der Waals surface area contributed by atoms with Crippen LogP contribution in [0.15, 0.2) is 6.33 Å². The summed E-state index contributed by atoms with van der Waals surface area (Å²) in [6.07, 6.45) is 4.43. The summed E-state index contributed by atoms with van der Waals surface area (Å²) in [7, 11) is 1.53. The number of rotatable bonds is 4. The average Bonchev–Trinajstić information content (AvgIpc) is 2.93. The van der Waals surface area contributed by atoms with E-state index in [2.05, 4.69) is 15.5 Å². The van der Waals surface area contributed by atoms with Gasteiger partial charge in [-0.1, -0.05) is 0 Å². The van der Waals surface area contributed by atoms with Gasteiger partial charge in [0.1, 0.15) is 6.33 Å². The molecule has 18 heavy (non-hydrogen) atoms. The lowest BCUT2D eigenvalue weighted by molar-refractivity contribution is -0.137. The Morgan fingerprint density at radius 1 is 1.67 bits per heavy atom. The van der Waals surface area contributed by atoms with Gasteiger partial charge in [-0.15, -0.1) is 10.2 Å². The van der Waals surface area contributed by atoms with Gasteiger partial charge < -0.3 is 9.47 Å². The van der Waals surface area contributed by atoms with E-state index >= 15 is 0 Å². The van der Waals surface area contributed by atoms with E-state index in [1.165, 1.54) is 7.11 Å². The second-order valence-electron chi connectivity index (χ2n) is 4.75. The van der Waals surface area contributed by atoms with E-state index in [4.69, 9.17) is 9.47 Å². The fourth-order valence-electron chi connectivity index (χ4n) is 2.15. The van der Waals surface area contributed by atoms with E-state index in [1.54, 1.807) is 6.33 Å². The molecule has 0 spiro atoms. The number of carbonyl (C=O) groups is 1. The molecule has 3 rings (SSSR count). The quantitative estimate of drug-likeness (QED) is 0.837. The van der Waals surface area contributed by atoms with Gasteiger partial charge in [0.2, 0.25) is 5.95 Å². The van der Waals surface area contributed by atoms with E-state index in [-0.39, 0.29) is 12.5 Å². The van der Waals surface area contributed by atoms with Crippen molar-refractivity contribution < 1.29 is 14.3 Å². The molecule has 1 saturated carbocycles. The third kappa shape index (κ3) is 1.89. The number of hydrogen-bond donors (Lipinski definition) is 1. The van der Waals surface area contributed by atoms with Gasteiger partial charge in [-0.3, -0.25) is 14.7 Å². The minimum Gasteiger partial charge on any atom is -0.378 e. The van der Waals surface area contributed by atoms with Crippen LogP contribution in [0.2, 0.25) is 0 Å². The van der Waals surface area contributed by atoms with Crippen molar-refractivity contribution in [1.82, 2.24) is 14.8 Å². The Bertz CT molecular complexity index is 449. The van der Waals surface area contributed by atoms with E-state index < -0.39 is 5.60 Å². The molecule has 1 aromatic heterocycles. The molecule has 1 saturated heterocycles. The topological polar surface area (TPSA) is 78.3 Å². The van der Waals surface area contributed by atoms with Crippen LogP contribution >= 0.6 is 0 Å². The number of anilines is 1. The third-order valence-corrected chi connectivity index (χ3v) is 3.53. The zero-order valence-corrected chi connectivity index (χ0v) is 10.3. The number of aromatic nitrogens is 3. The third-order valence-electron chi connectivity index (χ3n) is 3.53. The first-order valence-corrected chi connectivity index (χ1v) is 6.09. The summed E-state index contributed by atoms with van der Waals surface area (Å²) < 4.78 is 12.5. The van der Waals surface area contributed by atoms with Gasteiger partial charge in [-0.25, -0.2) is 0 Å². The Labute approximate surface area is 104 Å². The number of carbonyl (C=O) groups excluding carboxylic acids is 1. The van der Waals surface area contributed by atoms with E-state index in [0.717, 1.165) is 12.8 Å². The first-order chi connectivity index (χ1) is 8.75. The molecule has 1 aromatic rings. The smallest absolute Gasteiger partial charge is 0.261 e. The van der Waals surface area contributed by atoms with Crippen LogP contribution in [0.5, 0.6) is 0 Å². The zero-order chi connectivity index (χ0) is 12.6. The van der Waals surface area contributed by atoms with Crippen molar-refractivity contribution in [3.63, 3.8) is 0 Å². The van der Waals surface area contributed by atoms with Crippen LogP contribution in [0.4, 0.5) is 5.95 Å². The highest BCUT2D eigenvalue weighted by molar-refractivity contribution is 5.96. The molecule has 2 fully saturated rings. The molecule has 0 radical (unpaired) electrons. The van der Waals surface area contributed by atoms with Crippen molar-refractivity contribution in [2.45, 2.75) is 30.9 Å². The van der Waals surface area contributed by atoms with Gasteiger partial charge in [-0.05, 0) is 12.8 Å². The highest BCUT2D eigenvalue weighted by Crippen LogP contribution is 2.36. The largest absolute Gasteiger partial charge is 0.378 e. The van der Waals surface area contributed by atoms with Crippen molar-refractivity contribution in [2.75, 3.05) is 25.6 Å². The summed E-state index contributed by atoms with van der Waals surface area (Å²) in [5, 5.41) is 10.6. The molecule has 0 aromatic carbocycles. The van der Waals surface area contributed by atoms with Gasteiger partial charge in [0, 0.05) is 19.6 Å². The molecule has 2 heterocycles. The maximum atomic E-state index is 12.3. The molecule has 0 bridgehead atoms. The number of nitrogens with one attached hydrogen (secondary N) is 1. The second kappa shape index (κ2) is 4.33. The number of methoxy groups -OCH3 is 1. The summed E-state index contributed by atoms with van der Waals surface area (Å²) in [5.41, 5.74) is -0.889. The maximum absolute atomic E-state index is 12.3. The average molecular weight is 252 g/mol. The molecular formula is C11H16N4O3. The van der Waals surface area contributed by atoms with Crippen LogP contribution in [-0.4, -0.2) is 46.6 Å². The lowest BCUT2D eigenvalue weighted by Gasteiger charge is -2.23. The van der Waals surface area contributed by atoms with Crippen molar-refractivity contribution >= 4 is 11.9 Å². The molecule has 7 nitrogen and oxygen atoms in total. The summed E-state index contributed by atoms with van der Waals surface area (Å²) in [6, 6.07) is 0.425. The highest BCUT2D eigenvalue weighted by Gasteiger charge is 2.43. The van der Waals surface area contributed by atoms with E-state index in [0.29, 0.717) is 25.0 Å². The van der Waals surface area contributed by atoms with Crippen molar-refractivity contribution in [1.29, 1.82) is 0 Å². The molecule has 98 valence electrons. The molecule has 1 aliphatic carbocycles. The highest BCUT2D eigenvalue weighted by atomic mass is 16.6. The Kier molecular flexibility index (Phi) is 2.79. The van der Waals surface area contributed by atoms with E-state index in [1.807, 2.05) is 4.57 Å². The van der Waals surface area contributed by atoms with Crippen molar-refractivity contribution in [3.8, 4) is 0 Å². The molecule has 7 heteroatoms. The fraction of sp³-hybridized carbons (Fsp3) is 0.727. The lowest BCUT2D eigenvalue weighted by Crippen LogP contribution is -2.45. The Morgan fingerprint density at radius 2 is 2.50 bits per heavy atom. The summed E-state index contributed by atoms with van der Waals surface area (Å²) in [4.78, 5) is 12.3. The minimum atomic E-state index is -0.889. The van der Waals surface area contributed by atoms with Crippen molar-refractivity contribution in [3.05, 3.63) is 6.33 Å². The Morgan fingerprint density at radius 3 is 3.11 bits per heavy atom. The predicted molar refractivity (Wildman–Crippen MR) is 62.1 cm³/mol. The van der Waals surface area contributed by atoms with Crippen LogP contribution in [0.1, 0.15) is 25.3 Å². The number of ether oxygens (including phenoxy) is 2. The first kappa shape index (κ1) is 11.6. The standard InChI is InChI=1S/C11H16N4O3/c1-17-11(4-5-18-6-11)9(16)13-10-14-12-7-15(10)8-2-3-8/h7-8H,2-6H2,1H3,(H,13,14,16). The van der Waals surface area contributed by atoms with Crippen LogP contribution in [0.25, 0.3) is 0 Å². The fourth-order valence-corrected chi connectivity index (χ4v) is 2.15. The van der Waals surface area contributed by atoms with Crippen molar-refractivity contribution in [2.24, 2.45) is 0 Å². The molecule has 1 N–H and O–H groups in total. The molecular weight excluding hydrogens is 236 g/mol. The summed E-state index contributed by atoms with van der Waals surface area (Å²) >= 11 is 0. The van der Waals surface area contributed by atoms with Crippen LogP contribution in [-0.2, 0) is 14.3 Å². The normalized spacial score (nSPS) is 27.4. The summed E-state index contributed by atoms with van der Waals surface area (Å²) in [5.74, 6) is 0.281. The molecule has 2 aliphatic rings. The summed E-state index contributed by atoms with van der Waals surface area (Å²) in [6.45, 7) is 0.823. The maximum Gasteiger partial charge on any atom is 0.261 e. The van der Waals surface area contributed by atoms with Crippen LogP contribution in [0.3, 0.4) is 0 Å². The number of nitrogens with zero attached hydrogens (tertiary/aromatic N) is 3. The van der Waals surface area contributed by atoms with Gasteiger partial charge >= 0.3 is 0 Å². The first-order valence-electron chi connectivity index (χ1n) is 6.09. The van der Waals surface area contributed by atoms with E-state index in [9.17, 15) is 4.79 Å². The number of hydrogen-bond acceptors (Lipinski definition) is 5. The van der Waals surface area contributed by atoms with Crippen LogP contribution < -0.4 is 5.32 Å². The SMILES string of the molecule is COC1(C(=O)Nc2nncn2C2CC2)CCOC1. The van der Waals surface area contributed by atoms with Gasteiger partial charge in [0.15, 0.2) is 5.60 Å². The predicted octanol–water partition coefficient (Wildman–Crippen LogP) is 0.357. The van der Waals surface area contributed by atoms with Gasteiger partial charge in [0.05, 0.1) is 13.2 Å². The second-order valence-corrected chi connectivity index (χ2v) is 4.75. The number of amides is 1. The molecule has 1 amide bonds. The Hall–Kier alpha value is -1.47. The lowest BCUT2D eigenvalue weighted by atomic mass is 10.0. The van der Waals surface area contributed by atoms with Gasteiger partial charge in [0.25, 0.3) is 5.91 Å². The zero-order valence-electron chi connectivity index (χ0n) is 10.3. The minimum absolute atomic E-state index is 0.211. The monoisotopic (exact) mass is 252 g/mol. The molecule has 1 atom stereocenters. The molecule has 1 unspecified atom stereocenters. The van der Waals surface area contributed by atoms with Gasteiger partial charge in [-0.2, -0.15) is 0 Å².